The molecule has 0 radical (unpaired) electrons. The third-order valence-corrected chi connectivity index (χ3v) is 2.08. The van der Waals surface area contributed by atoms with Crippen LogP contribution in [0.4, 0.5) is 0 Å². The van der Waals surface area contributed by atoms with Crippen LogP contribution in [0.2, 0.25) is 0 Å². The molecule has 0 unspecified atom stereocenters. The summed E-state index contributed by atoms with van der Waals surface area (Å²) in [5.74, 6) is 0. The Morgan fingerprint density at radius 3 is 1.43 bits per heavy atom. The molecule has 0 aromatic heterocycles. The van der Waals surface area contributed by atoms with E-state index in [1.807, 2.05) is 61.5 Å². The van der Waals surface area contributed by atoms with Gasteiger partial charge in [0.1, 0.15) is 0 Å². The van der Waals surface area contributed by atoms with Crippen molar-refractivity contribution in [2.24, 2.45) is 0 Å². The van der Waals surface area contributed by atoms with Crippen molar-refractivity contribution >= 4 is 0 Å². The average Bonchev–Trinajstić information content (AvgIpc) is 2.48. The maximum atomic E-state index is 3.80. The highest BCUT2D eigenvalue weighted by atomic mass is 14.1. The second kappa shape index (κ2) is 27.3. The topological polar surface area (TPSA) is 0 Å². The quantitative estimate of drug-likeness (QED) is 0.459. The zero-order valence-corrected chi connectivity index (χ0v) is 16.5. The highest BCUT2D eigenvalue weighted by Gasteiger charge is 2.06. The predicted molar refractivity (Wildman–Crippen MR) is 105 cm³/mol. The van der Waals surface area contributed by atoms with E-state index in [0.29, 0.717) is 0 Å². The van der Waals surface area contributed by atoms with Gasteiger partial charge in [0, 0.05) is 0 Å². The molecule has 0 heteroatoms. The molecule has 0 aromatic carbocycles. The molecule has 0 N–H and O–H groups in total. The van der Waals surface area contributed by atoms with Crippen LogP contribution in [-0.4, -0.2) is 0 Å². The summed E-state index contributed by atoms with van der Waals surface area (Å²) in [4.78, 5) is 0. The van der Waals surface area contributed by atoms with Gasteiger partial charge in [0.15, 0.2) is 0 Å². The lowest BCUT2D eigenvalue weighted by Crippen LogP contribution is -1.95. The molecule has 21 heavy (non-hydrogen) atoms. The molecule has 0 saturated heterocycles. The Kier molecular flexibility index (Phi) is 36.7. The van der Waals surface area contributed by atoms with Crippen molar-refractivity contribution in [2.75, 3.05) is 0 Å². The van der Waals surface area contributed by atoms with Gasteiger partial charge in [0.25, 0.3) is 0 Å². The Morgan fingerprint density at radius 2 is 1.33 bits per heavy atom. The van der Waals surface area contributed by atoms with Gasteiger partial charge in [-0.1, -0.05) is 96.6 Å². The van der Waals surface area contributed by atoms with Gasteiger partial charge in [-0.15, -0.1) is 0 Å². The minimum atomic E-state index is 1.10. The normalized spacial score (nSPS) is 10.8. The first-order valence-electron chi connectivity index (χ1n) is 8.73. The molecule has 0 bridgehead atoms. The molecule has 0 heterocycles. The first kappa shape index (κ1) is 28.2. The van der Waals surface area contributed by atoms with Crippen LogP contribution in [0.1, 0.15) is 88.0 Å². The van der Waals surface area contributed by atoms with Crippen molar-refractivity contribution in [3.63, 3.8) is 0 Å². The van der Waals surface area contributed by atoms with E-state index in [4.69, 9.17) is 0 Å². The van der Waals surface area contributed by atoms with E-state index < -0.39 is 0 Å². The van der Waals surface area contributed by atoms with E-state index in [0.717, 1.165) is 12.0 Å². The molecule has 1 fully saturated rings. The summed E-state index contributed by atoms with van der Waals surface area (Å²) < 4.78 is 0. The fourth-order valence-corrected chi connectivity index (χ4v) is 1.19. The van der Waals surface area contributed by atoms with Crippen LogP contribution in [0.5, 0.6) is 0 Å². The van der Waals surface area contributed by atoms with Gasteiger partial charge in [0.2, 0.25) is 0 Å². The molecule has 126 valence electrons. The second-order valence-corrected chi connectivity index (χ2v) is 4.16. The van der Waals surface area contributed by atoms with E-state index in [9.17, 15) is 0 Å². The molecule has 0 spiro atoms. The standard InChI is InChI=1S/C8H12.C7H12.3C2H6/c1-7(2)6-8-4-3-5-8;1-4-5-6-7(2)3;3*1-2/h6H,1,3-5H2,2H3;5-6H,2,4H2,1,3H3;3*1-2H3/b;6-5-;;;. The van der Waals surface area contributed by atoms with E-state index in [1.165, 1.54) is 24.8 Å². The van der Waals surface area contributed by atoms with Gasteiger partial charge in [-0.2, -0.15) is 0 Å². The summed E-state index contributed by atoms with van der Waals surface area (Å²) in [5, 5.41) is 0. The highest BCUT2D eigenvalue weighted by molar-refractivity contribution is 5.22. The number of hydrogen-bond acceptors (Lipinski definition) is 0. The number of rotatable bonds is 3. The smallest absolute Gasteiger partial charge is 0.0314 e. The largest absolute Gasteiger partial charge is 0.0961 e. The average molecular weight is 295 g/mol. The maximum absolute atomic E-state index is 3.80. The zero-order chi connectivity index (χ0) is 17.7. The summed E-state index contributed by atoms with van der Waals surface area (Å²) in [6.45, 7) is 25.7. The number of allylic oxidation sites excluding steroid dienone is 6. The van der Waals surface area contributed by atoms with Gasteiger partial charge < -0.3 is 0 Å². The molecule has 0 atom stereocenters. The van der Waals surface area contributed by atoms with E-state index in [1.54, 1.807) is 5.57 Å². The number of hydrogen-bond donors (Lipinski definition) is 0. The van der Waals surface area contributed by atoms with Crippen LogP contribution in [0.15, 0.2) is 48.1 Å². The first-order chi connectivity index (χ1) is 10.1. The molecule has 1 saturated carbocycles. The minimum absolute atomic E-state index is 1.10. The van der Waals surface area contributed by atoms with Crippen LogP contribution in [0, 0.1) is 0 Å². The lowest BCUT2D eigenvalue weighted by molar-refractivity contribution is 0.662. The lowest BCUT2D eigenvalue weighted by atomic mass is 9.91. The Hall–Kier alpha value is -1.04. The Labute approximate surface area is 136 Å². The Morgan fingerprint density at radius 1 is 0.905 bits per heavy atom. The summed E-state index contributed by atoms with van der Waals surface area (Å²) in [6.07, 6.45) is 11.4. The van der Waals surface area contributed by atoms with Crippen LogP contribution >= 0.6 is 0 Å². The van der Waals surface area contributed by atoms with Crippen LogP contribution in [0.3, 0.4) is 0 Å². The molecule has 0 amide bonds. The van der Waals surface area contributed by atoms with Crippen LogP contribution < -0.4 is 0 Å². The first-order valence-corrected chi connectivity index (χ1v) is 8.73. The monoisotopic (exact) mass is 294 g/mol. The molecule has 1 rings (SSSR count). The third kappa shape index (κ3) is 32.5. The van der Waals surface area contributed by atoms with Crippen LogP contribution in [-0.2, 0) is 0 Å². The summed E-state index contributed by atoms with van der Waals surface area (Å²) in [7, 11) is 0. The molecular weight excluding hydrogens is 252 g/mol. The van der Waals surface area contributed by atoms with Crippen molar-refractivity contribution in [3.8, 4) is 0 Å². The maximum Gasteiger partial charge on any atom is -0.0314 e. The summed E-state index contributed by atoms with van der Waals surface area (Å²) >= 11 is 0. The second-order valence-electron chi connectivity index (χ2n) is 4.16. The van der Waals surface area contributed by atoms with Gasteiger partial charge in [-0.05, 0) is 39.5 Å². The Balaban J connectivity index is -0.000000102. The van der Waals surface area contributed by atoms with E-state index in [-0.39, 0.29) is 0 Å². The SMILES string of the molecule is C=C(C)/C=C\CC.C=C(C)C=C1CCC1.CC.CC.CC. The molecule has 0 aliphatic heterocycles. The van der Waals surface area contributed by atoms with Gasteiger partial charge in [0.05, 0.1) is 0 Å². The highest BCUT2D eigenvalue weighted by Crippen LogP contribution is 2.25. The third-order valence-electron chi connectivity index (χ3n) is 2.08. The summed E-state index contributed by atoms with van der Waals surface area (Å²) in [5.41, 5.74) is 3.90. The summed E-state index contributed by atoms with van der Waals surface area (Å²) in [6, 6.07) is 0. The van der Waals surface area contributed by atoms with Crippen molar-refractivity contribution in [3.05, 3.63) is 48.1 Å². The molecule has 1 aliphatic rings. The molecular formula is C21H42. The van der Waals surface area contributed by atoms with Gasteiger partial charge in [-0.25, -0.2) is 0 Å². The van der Waals surface area contributed by atoms with E-state index in [2.05, 4.69) is 32.2 Å². The van der Waals surface area contributed by atoms with Crippen molar-refractivity contribution in [1.82, 2.24) is 0 Å². The fourth-order valence-electron chi connectivity index (χ4n) is 1.19. The molecule has 1 aliphatic carbocycles. The lowest BCUT2D eigenvalue weighted by Gasteiger charge is -2.15. The predicted octanol–water partition coefficient (Wildman–Crippen LogP) is 8.28. The van der Waals surface area contributed by atoms with E-state index >= 15 is 0 Å². The van der Waals surface area contributed by atoms with Gasteiger partial charge in [-0.3, -0.25) is 0 Å². The molecule has 0 aromatic rings. The minimum Gasteiger partial charge on any atom is -0.0961 e. The fraction of sp³-hybridized carbons (Fsp3) is 0.619. The van der Waals surface area contributed by atoms with Crippen molar-refractivity contribution in [2.45, 2.75) is 88.0 Å². The van der Waals surface area contributed by atoms with Crippen molar-refractivity contribution < 1.29 is 0 Å². The van der Waals surface area contributed by atoms with Crippen molar-refractivity contribution in [1.29, 1.82) is 0 Å². The van der Waals surface area contributed by atoms with Crippen LogP contribution in [0.25, 0.3) is 0 Å². The zero-order valence-electron chi connectivity index (χ0n) is 16.5. The molecule has 0 nitrogen and oxygen atoms in total. The Bertz CT molecular complexity index is 258. The van der Waals surface area contributed by atoms with Gasteiger partial charge >= 0.3 is 0 Å².